The first kappa shape index (κ1) is 12.8. The van der Waals surface area contributed by atoms with Crippen LogP contribution in [0.5, 0.6) is 0 Å². The maximum Gasteiger partial charge on any atom is 0.245 e. The van der Waals surface area contributed by atoms with E-state index in [2.05, 4.69) is 0 Å². The molecule has 1 atom stereocenters. The van der Waals surface area contributed by atoms with E-state index in [0.717, 1.165) is 19.4 Å². The van der Waals surface area contributed by atoms with Crippen LogP contribution in [0.3, 0.4) is 0 Å². The minimum absolute atomic E-state index is 0.101. The second kappa shape index (κ2) is 5.36. The number of carbonyl (C=O) groups is 1. The Bertz CT molecular complexity index is 269. The van der Waals surface area contributed by atoms with Crippen molar-refractivity contribution in [1.29, 1.82) is 0 Å². The van der Waals surface area contributed by atoms with Crippen LogP contribution in [0, 0.1) is 0 Å². The third-order valence-electron chi connectivity index (χ3n) is 4.10. The predicted octanol–water partition coefficient (Wildman–Crippen LogP) is 1.29. The van der Waals surface area contributed by atoms with Gasteiger partial charge in [0.15, 0.2) is 0 Å². The Balaban J connectivity index is 2.03. The largest absolute Gasteiger partial charge is 0.379 e. The molecule has 4 heteroatoms. The van der Waals surface area contributed by atoms with E-state index in [9.17, 15) is 4.79 Å². The molecule has 1 aliphatic carbocycles. The molecule has 1 amide bonds. The molecule has 1 saturated heterocycles. The molecule has 17 heavy (non-hydrogen) atoms. The molecule has 1 unspecified atom stereocenters. The number of rotatable bonds is 3. The molecule has 1 heterocycles. The van der Waals surface area contributed by atoms with Crippen molar-refractivity contribution in [3.8, 4) is 0 Å². The van der Waals surface area contributed by atoms with Gasteiger partial charge in [-0.2, -0.15) is 0 Å². The molecule has 0 aromatic heterocycles. The van der Waals surface area contributed by atoms with Crippen molar-refractivity contribution in [3.05, 3.63) is 0 Å². The van der Waals surface area contributed by atoms with Gasteiger partial charge in [-0.15, -0.1) is 0 Å². The molecule has 0 spiro atoms. The smallest absolute Gasteiger partial charge is 0.245 e. The lowest BCUT2D eigenvalue weighted by Gasteiger charge is -2.37. The van der Waals surface area contributed by atoms with Gasteiger partial charge in [-0.3, -0.25) is 4.79 Å². The molecular formula is C13H24N2O2. The van der Waals surface area contributed by atoms with Gasteiger partial charge in [-0.25, -0.2) is 0 Å². The zero-order chi connectivity index (χ0) is 12.3. The van der Waals surface area contributed by atoms with Crippen LogP contribution in [-0.4, -0.2) is 42.1 Å². The van der Waals surface area contributed by atoms with E-state index in [1.54, 1.807) is 0 Å². The minimum atomic E-state index is -0.756. The molecule has 2 fully saturated rings. The number of carbonyl (C=O) groups excluding carboxylic acids is 1. The fraction of sp³-hybridized carbons (Fsp3) is 0.923. The average molecular weight is 240 g/mol. The van der Waals surface area contributed by atoms with Gasteiger partial charge in [0.2, 0.25) is 5.91 Å². The third-order valence-corrected chi connectivity index (χ3v) is 4.10. The average Bonchev–Trinajstić information content (AvgIpc) is 2.80. The lowest BCUT2D eigenvalue weighted by atomic mass is 9.91. The summed E-state index contributed by atoms with van der Waals surface area (Å²) in [5, 5.41) is 0. The lowest BCUT2D eigenvalue weighted by molar-refractivity contribution is -0.139. The molecule has 98 valence electrons. The summed E-state index contributed by atoms with van der Waals surface area (Å²) in [4.78, 5) is 14.5. The van der Waals surface area contributed by atoms with Crippen LogP contribution in [0.4, 0.5) is 0 Å². The normalized spacial score (nSPS) is 30.5. The predicted molar refractivity (Wildman–Crippen MR) is 66.6 cm³/mol. The molecule has 0 bridgehead atoms. The second-order valence-corrected chi connectivity index (χ2v) is 5.34. The van der Waals surface area contributed by atoms with Gasteiger partial charge in [0.05, 0.1) is 6.61 Å². The number of ether oxygens (including phenoxy) is 1. The molecule has 4 nitrogen and oxygen atoms in total. The van der Waals surface area contributed by atoms with E-state index in [0.29, 0.717) is 25.7 Å². The van der Waals surface area contributed by atoms with Gasteiger partial charge in [0.25, 0.3) is 0 Å². The monoisotopic (exact) mass is 240 g/mol. The Kier molecular flexibility index (Phi) is 4.05. The highest BCUT2D eigenvalue weighted by Crippen LogP contribution is 2.26. The molecule has 2 N–H and O–H groups in total. The number of hydrogen-bond donors (Lipinski definition) is 1. The molecule has 0 aromatic carbocycles. The van der Waals surface area contributed by atoms with Crippen LogP contribution in [0.2, 0.25) is 0 Å². The zero-order valence-corrected chi connectivity index (χ0v) is 10.8. The zero-order valence-electron chi connectivity index (χ0n) is 10.8. The first-order valence-electron chi connectivity index (χ1n) is 6.85. The molecule has 2 rings (SSSR count). The summed E-state index contributed by atoms with van der Waals surface area (Å²) in [5.41, 5.74) is 5.41. The van der Waals surface area contributed by atoms with E-state index in [-0.39, 0.29) is 5.91 Å². The first-order chi connectivity index (χ1) is 8.17. The number of amides is 1. The summed E-state index contributed by atoms with van der Waals surface area (Å²) < 4.78 is 5.29. The Morgan fingerprint density at radius 2 is 2.12 bits per heavy atom. The van der Waals surface area contributed by atoms with Gasteiger partial charge < -0.3 is 15.4 Å². The highest BCUT2D eigenvalue weighted by molar-refractivity contribution is 5.87. The van der Waals surface area contributed by atoms with Crippen LogP contribution in [0.15, 0.2) is 0 Å². The van der Waals surface area contributed by atoms with Crippen molar-refractivity contribution >= 4 is 5.91 Å². The maximum absolute atomic E-state index is 12.5. The van der Waals surface area contributed by atoms with Crippen LogP contribution < -0.4 is 5.73 Å². The summed E-state index contributed by atoms with van der Waals surface area (Å²) in [6.07, 6.45) is 6.71. The van der Waals surface area contributed by atoms with Crippen molar-refractivity contribution in [2.45, 2.75) is 57.0 Å². The van der Waals surface area contributed by atoms with Gasteiger partial charge in [0, 0.05) is 19.2 Å². The third kappa shape index (κ3) is 2.63. The van der Waals surface area contributed by atoms with Gasteiger partial charge in [-0.1, -0.05) is 19.3 Å². The quantitative estimate of drug-likeness (QED) is 0.808. The minimum Gasteiger partial charge on any atom is -0.379 e. The van der Waals surface area contributed by atoms with Crippen molar-refractivity contribution in [2.24, 2.45) is 5.73 Å². The molecule has 1 aliphatic heterocycles. The summed E-state index contributed by atoms with van der Waals surface area (Å²) in [6, 6.07) is 0.405. The van der Waals surface area contributed by atoms with Crippen molar-refractivity contribution in [2.75, 3.05) is 19.8 Å². The highest BCUT2D eigenvalue weighted by atomic mass is 16.5. The van der Waals surface area contributed by atoms with Crippen molar-refractivity contribution in [3.63, 3.8) is 0 Å². The van der Waals surface area contributed by atoms with Crippen LogP contribution >= 0.6 is 0 Å². The molecule has 1 saturated carbocycles. The molecular weight excluding hydrogens is 216 g/mol. The number of nitrogens with zero attached hydrogens (tertiary/aromatic N) is 1. The van der Waals surface area contributed by atoms with Crippen molar-refractivity contribution in [1.82, 2.24) is 4.90 Å². The Hall–Kier alpha value is -0.610. The van der Waals surface area contributed by atoms with E-state index in [1.807, 2.05) is 11.8 Å². The van der Waals surface area contributed by atoms with E-state index in [1.165, 1.54) is 19.3 Å². The molecule has 0 radical (unpaired) electrons. The lowest BCUT2D eigenvalue weighted by Crippen LogP contribution is -2.58. The summed E-state index contributed by atoms with van der Waals surface area (Å²) in [6.45, 7) is 3.81. The van der Waals surface area contributed by atoms with E-state index < -0.39 is 5.54 Å². The fourth-order valence-electron chi connectivity index (χ4n) is 3.00. The van der Waals surface area contributed by atoms with Gasteiger partial charge in [-0.05, 0) is 26.2 Å². The maximum atomic E-state index is 12.5. The summed E-state index contributed by atoms with van der Waals surface area (Å²) in [5.74, 6) is 0.101. The second-order valence-electron chi connectivity index (χ2n) is 5.34. The van der Waals surface area contributed by atoms with Crippen LogP contribution in [0.1, 0.15) is 45.4 Å². The number of hydrogen-bond acceptors (Lipinski definition) is 3. The van der Waals surface area contributed by atoms with Crippen molar-refractivity contribution < 1.29 is 9.53 Å². The Labute approximate surface area is 103 Å². The van der Waals surface area contributed by atoms with E-state index in [4.69, 9.17) is 10.5 Å². The number of nitrogens with two attached hydrogens (primary N) is 1. The van der Waals surface area contributed by atoms with Gasteiger partial charge >= 0.3 is 0 Å². The summed E-state index contributed by atoms with van der Waals surface area (Å²) >= 11 is 0. The standard InChI is InChI=1S/C13H24N2O2/c1-2-15(11-6-4-3-5-7-11)12(16)13(14)8-9-17-10-13/h11H,2-10,14H2,1H3. The molecule has 0 aromatic rings. The highest BCUT2D eigenvalue weighted by Gasteiger charge is 2.42. The topological polar surface area (TPSA) is 55.6 Å². The fourth-order valence-corrected chi connectivity index (χ4v) is 3.00. The Morgan fingerprint density at radius 1 is 1.41 bits per heavy atom. The molecule has 2 aliphatic rings. The SMILES string of the molecule is CCN(C(=O)C1(N)CCOC1)C1CCCCC1. The first-order valence-corrected chi connectivity index (χ1v) is 6.85. The van der Waals surface area contributed by atoms with Gasteiger partial charge in [0.1, 0.15) is 5.54 Å². The van der Waals surface area contributed by atoms with E-state index >= 15 is 0 Å². The number of likely N-dealkylation sites (N-methyl/N-ethyl adjacent to an activating group) is 1. The van der Waals surface area contributed by atoms with Crippen LogP contribution in [0.25, 0.3) is 0 Å². The van der Waals surface area contributed by atoms with Crippen LogP contribution in [-0.2, 0) is 9.53 Å². The Morgan fingerprint density at radius 3 is 2.65 bits per heavy atom. The summed E-state index contributed by atoms with van der Waals surface area (Å²) in [7, 11) is 0.